The lowest BCUT2D eigenvalue weighted by molar-refractivity contribution is -0.118. The number of fused-ring (bicyclic) bond motifs is 1. The van der Waals surface area contributed by atoms with Crippen LogP contribution < -0.4 is 9.62 Å². The Labute approximate surface area is 169 Å². The number of nitrogens with zero attached hydrogens (tertiary/aromatic N) is 2. The van der Waals surface area contributed by atoms with E-state index in [1.807, 2.05) is 13.8 Å². The van der Waals surface area contributed by atoms with Crippen LogP contribution in [-0.4, -0.2) is 51.4 Å². The molecule has 1 amide bonds. The molecule has 0 bridgehead atoms. The largest absolute Gasteiger partial charge is 0.309 e. The first-order valence-corrected chi connectivity index (χ1v) is 12.0. The van der Waals surface area contributed by atoms with Gasteiger partial charge in [-0.05, 0) is 81.9 Å². The van der Waals surface area contributed by atoms with Gasteiger partial charge in [-0.15, -0.1) is 0 Å². The number of nitrogens with one attached hydrogen (secondary N) is 1. The second-order valence-corrected chi connectivity index (χ2v) is 10.0. The number of hydrogen-bond acceptors (Lipinski definition) is 4. The van der Waals surface area contributed by atoms with Gasteiger partial charge in [-0.2, -0.15) is 0 Å². The fourth-order valence-corrected chi connectivity index (χ4v) is 5.33. The van der Waals surface area contributed by atoms with Crippen LogP contribution >= 0.6 is 0 Å². The molecule has 1 aromatic rings. The van der Waals surface area contributed by atoms with Crippen LogP contribution in [0.4, 0.5) is 5.69 Å². The molecule has 1 N–H and O–H groups in total. The van der Waals surface area contributed by atoms with Crippen molar-refractivity contribution in [3.05, 3.63) is 23.8 Å². The van der Waals surface area contributed by atoms with Crippen LogP contribution in [0.25, 0.3) is 0 Å². The van der Waals surface area contributed by atoms with Crippen LogP contribution in [-0.2, 0) is 21.2 Å². The summed E-state index contributed by atoms with van der Waals surface area (Å²) in [5, 5.41) is 0. The average molecular weight is 408 g/mol. The van der Waals surface area contributed by atoms with Gasteiger partial charge in [0.25, 0.3) is 0 Å². The molecule has 0 aliphatic carbocycles. The minimum atomic E-state index is -3.53. The van der Waals surface area contributed by atoms with Gasteiger partial charge in [0.1, 0.15) is 0 Å². The van der Waals surface area contributed by atoms with E-state index < -0.39 is 10.0 Å². The highest BCUT2D eigenvalue weighted by Crippen LogP contribution is 2.34. The normalized spacial score (nSPS) is 21.1. The molecule has 0 spiro atoms. The topological polar surface area (TPSA) is 69.7 Å². The molecule has 0 aromatic heterocycles. The summed E-state index contributed by atoms with van der Waals surface area (Å²) in [4.78, 5) is 16.7. The molecular formula is C21H33N3O3S. The minimum absolute atomic E-state index is 0.0700. The quantitative estimate of drug-likeness (QED) is 0.706. The predicted molar refractivity (Wildman–Crippen MR) is 112 cm³/mol. The van der Waals surface area contributed by atoms with Gasteiger partial charge in [0, 0.05) is 24.7 Å². The number of anilines is 1. The third-order valence-electron chi connectivity index (χ3n) is 5.97. The van der Waals surface area contributed by atoms with Gasteiger partial charge in [0.15, 0.2) is 0 Å². The summed E-state index contributed by atoms with van der Waals surface area (Å²) in [6.45, 7) is 9.75. The van der Waals surface area contributed by atoms with Crippen molar-refractivity contribution < 1.29 is 13.2 Å². The Morgan fingerprint density at radius 1 is 1.21 bits per heavy atom. The van der Waals surface area contributed by atoms with Crippen molar-refractivity contribution in [1.29, 1.82) is 0 Å². The molecule has 28 heavy (non-hydrogen) atoms. The van der Waals surface area contributed by atoms with Gasteiger partial charge in [-0.1, -0.05) is 13.8 Å². The zero-order valence-electron chi connectivity index (χ0n) is 17.3. The number of piperidine rings is 1. The molecule has 1 unspecified atom stereocenters. The highest BCUT2D eigenvalue weighted by atomic mass is 32.2. The standard InChI is InChI=1S/C21H33N3O3S/c1-4-21(25)24-17(3)14-18-15-19(6-7-20(18)24)28(26,27)22-10-5-11-23-12-8-16(2)9-13-23/h6-7,15-17,22H,4-5,8-14H2,1-3H3. The average Bonchev–Trinajstić information content (AvgIpc) is 3.01. The van der Waals surface area contributed by atoms with Crippen molar-refractivity contribution in [2.75, 3.05) is 31.1 Å². The maximum absolute atomic E-state index is 12.7. The molecule has 0 radical (unpaired) electrons. The number of benzene rings is 1. The third-order valence-corrected chi connectivity index (χ3v) is 7.43. The van der Waals surface area contributed by atoms with Crippen LogP contribution in [0.5, 0.6) is 0 Å². The molecule has 1 fully saturated rings. The van der Waals surface area contributed by atoms with Gasteiger partial charge in [-0.25, -0.2) is 13.1 Å². The molecule has 3 rings (SSSR count). The zero-order valence-corrected chi connectivity index (χ0v) is 18.1. The van der Waals surface area contributed by atoms with Crippen molar-refractivity contribution in [2.45, 2.75) is 63.8 Å². The van der Waals surface area contributed by atoms with E-state index in [0.29, 0.717) is 19.4 Å². The van der Waals surface area contributed by atoms with Gasteiger partial charge in [0.2, 0.25) is 15.9 Å². The SMILES string of the molecule is CCC(=O)N1c2ccc(S(=O)(=O)NCCCN3CCC(C)CC3)cc2CC1C. The van der Waals surface area contributed by atoms with E-state index in [1.165, 1.54) is 12.8 Å². The van der Waals surface area contributed by atoms with E-state index in [9.17, 15) is 13.2 Å². The number of rotatable bonds is 7. The van der Waals surface area contributed by atoms with Gasteiger partial charge in [-0.3, -0.25) is 4.79 Å². The first-order chi connectivity index (χ1) is 13.3. The number of amides is 1. The number of hydrogen-bond donors (Lipinski definition) is 1. The van der Waals surface area contributed by atoms with E-state index in [4.69, 9.17) is 0 Å². The molecule has 1 atom stereocenters. The second kappa shape index (κ2) is 8.93. The molecule has 2 heterocycles. The summed E-state index contributed by atoms with van der Waals surface area (Å²) < 4.78 is 28.1. The number of carbonyl (C=O) groups excluding carboxylic acids is 1. The summed E-state index contributed by atoms with van der Waals surface area (Å²) in [7, 11) is -3.53. The Hall–Kier alpha value is -1.44. The first-order valence-electron chi connectivity index (χ1n) is 10.5. The molecule has 2 aliphatic heterocycles. The number of likely N-dealkylation sites (tertiary alicyclic amines) is 1. The fraction of sp³-hybridized carbons (Fsp3) is 0.667. The molecular weight excluding hydrogens is 374 g/mol. The van der Waals surface area contributed by atoms with E-state index in [0.717, 1.165) is 43.2 Å². The van der Waals surface area contributed by atoms with Crippen molar-refractivity contribution in [3.63, 3.8) is 0 Å². The van der Waals surface area contributed by atoms with Gasteiger partial charge >= 0.3 is 0 Å². The third kappa shape index (κ3) is 4.75. The summed E-state index contributed by atoms with van der Waals surface area (Å²) >= 11 is 0. The Morgan fingerprint density at radius 2 is 1.93 bits per heavy atom. The van der Waals surface area contributed by atoms with Crippen LogP contribution in [0.3, 0.4) is 0 Å². The Morgan fingerprint density at radius 3 is 2.61 bits per heavy atom. The van der Waals surface area contributed by atoms with Crippen LogP contribution in [0.2, 0.25) is 0 Å². The minimum Gasteiger partial charge on any atom is -0.309 e. The first kappa shape index (κ1) is 21.3. The summed E-state index contributed by atoms with van der Waals surface area (Å²) in [6, 6.07) is 5.18. The zero-order chi connectivity index (χ0) is 20.3. The molecule has 156 valence electrons. The summed E-state index contributed by atoms with van der Waals surface area (Å²) in [5.41, 5.74) is 1.78. The Balaban J connectivity index is 1.57. The second-order valence-electron chi connectivity index (χ2n) is 8.24. The van der Waals surface area contributed by atoms with Crippen molar-refractivity contribution >= 4 is 21.6 Å². The molecule has 0 saturated carbocycles. The Kier molecular flexibility index (Phi) is 6.78. The van der Waals surface area contributed by atoms with E-state index in [-0.39, 0.29) is 16.8 Å². The lowest BCUT2D eigenvalue weighted by Gasteiger charge is -2.30. The van der Waals surface area contributed by atoms with Gasteiger partial charge < -0.3 is 9.80 Å². The molecule has 1 saturated heterocycles. The lowest BCUT2D eigenvalue weighted by Crippen LogP contribution is -2.35. The van der Waals surface area contributed by atoms with Gasteiger partial charge in [0.05, 0.1) is 4.90 Å². The molecule has 1 aromatic carbocycles. The number of carbonyl (C=O) groups is 1. The highest BCUT2D eigenvalue weighted by molar-refractivity contribution is 7.89. The molecule has 7 heteroatoms. The van der Waals surface area contributed by atoms with E-state index in [1.54, 1.807) is 23.1 Å². The van der Waals surface area contributed by atoms with E-state index in [2.05, 4.69) is 16.5 Å². The summed E-state index contributed by atoms with van der Waals surface area (Å²) in [6.07, 6.45) is 4.42. The van der Waals surface area contributed by atoms with Crippen molar-refractivity contribution in [2.24, 2.45) is 5.92 Å². The van der Waals surface area contributed by atoms with Crippen LogP contribution in [0.1, 0.15) is 52.0 Å². The maximum Gasteiger partial charge on any atom is 0.240 e. The maximum atomic E-state index is 12.7. The predicted octanol–water partition coefficient (Wildman–Crippen LogP) is 2.77. The lowest BCUT2D eigenvalue weighted by atomic mass is 9.99. The molecule has 6 nitrogen and oxygen atoms in total. The van der Waals surface area contributed by atoms with Crippen molar-refractivity contribution in [1.82, 2.24) is 9.62 Å². The van der Waals surface area contributed by atoms with Crippen molar-refractivity contribution in [3.8, 4) is 0 Å². The van der Waals surface area contributed by atoms with Crippen LogP contribution in [0, 0.1) is 5.92 Å². The Bertz CT molecular complexity index is 801. The highest BCUT2D eigenvalue weighted by Gasteiger charge is 2.31. The fourth-order valence-electron chi connectivity index (χ4n) is 4.20. The van der Waals surface area contributed by atoms with Crippen LogP contribution in [0.15, 0.2) is 23.1 Å². The summed E-state index contributed by atoms with van der Waals surface area (Å²) in [5.74, 6) is 0.882. The van der Waals surface area contributed by atoms with E-state index >= 15 is 0 Å². The number of sulfonamides is 1. The monoisotopic (exact) mass is 407 g/mol. The molecule has 2 aliphatic rings. The smallest absolute Gasteiger partial charge is 0.240 e.